The Morgan fingerprint density at radius 2 is 2.11 bits per heavy atom. The van der Waals surface area contributed by atoms with E-state index in [4.69, 9.17) is 10.5 Å². The molecule has 0 bridgehead atoms. The predicted octanol–water partition coefficient (Wildman–Crippen LogP) is 1.22. The van der Waals surface area contributed by atoms with Gasteiger partial charge in [0.15, 0.2) is 0 Å². The van der Waals surface area contributed by atoms with Gasteiger partial charge in [0, 0.05) is 11.8 Å². The van der Waals surface area contributed by atoms with Crippen molar-refractivity contribution in [3.63, 3.8) is 0 Å². The molecule has 1 aromatic rings. The Bertz CT molecular complexity index is 470. The highest BCUT2D eigenvalue weighted by Crippen LogP contribution is 2.27. The lowest BCUT2D eigenvalue weighted by molar-refractivity contribution is 0.0584. The number of carbonyl (C=O) groups is 1. The Labute approximate surface area is 112 Å². The number of hydrogen-bond donors (Lipinski definition) is 1. The molecule has 2 N–H and O–H groups in total. The van der Waals surface area contributed by atoms with Crippen LogP contribution < -0.4 is 10.5 Å². The zero-order chi connectivity index (χ0) is 13.9. The molecule has 1 aliphatic carbocycles. The van der Waals surface area contributed by atoms with E-state index in [1.54, 1.807) is 13.0 Å². The van der Waals surface area contributed by atoms with Gasteiger partial charge < -0.3 is 15.2 Å². The zero-order valence-electron chi connectivity index (χ0n) is 11.3. The van der Waals surface area contributed by atoms with Gasteiger partial charge in [-0.15, -0.1) is 0 Å². The van der Waals surface area contributed by atoms with E-state index in [1.807, 2.05) is 0 Å². The molecule has 1 aliphatic rings. The SMILES string of the molecule is COC(=O)c1nc(C)cc(OCC2(N)CCCC2)n1. The van der Waals surface area contributed by atoms with Gasteiger partial charge in [-0.3, -0.25) is 0 Å². The second-order valence-corrected chi connectivity index (χ2v) is 5.02. The van der Waals surface area contributed by atoms with E-state index in [-0.39, 0.29) is 11.4 Å². The van der Waals surface area contributed by atoms with Gasteiger partial charge in [0.25, 0.3) is 0 Å². The Morgan fingerprint density at radius 3 is 2.74 bits per heavy atom. The summed E-state index contributed by atoms with van der Waals surface area (Å²) in [5.74, 6) is -0.198. The molecule has 0 amide bonds. The average Bonchev–Trinajstić information content (AvgIpc) is 2.82. The molecule has 0 spiro atoms. The van der Waals surface area contributed by atoms with Crippen LogP contribution >= 0.6 is 0 Å². The summed E-state index contributed by atoms with van der Waals surface area (Å²) in [6.07, 6.45) is 4.19. The molecule has 1 fully saturated rings. The number of carbonyl (C=O) groups excluding carboxylic acids is 1. The first kappa shape index (κ1) is 13.7. The van der Waals surface area contributed by atoms with Crippen LogP contribution in [0.3, 0.4) is 0 Å². The minimum Gasteiger partial charge on any atom is -0.476 e. The molecule has 0 aliphatic heterocycles. The van der Waals surface area contributed by atoms with Gasteiger partial charge in [0.2, 0.25) is 11.7 Å². The lowest BCUT2D eigenvalue weighted by atomic mass is 10.0. The standard InChI is InChI=1S/C13H19N3O3/c1-9-7-10(16-11(15-9)12(17)18-2)19-8-13(14)5-3-4-6-13/h7H,3-6,8,14H2,1-2H3. The molecule has 0 unspecified atom stereocenters. The normalized spacial score (nSPS) is 17.2. The molecule has 1 aromatic heterocycles. The highest BCUT2D eigenvalue weighted by atomic mass is 16.5. The first-order valence-electron chi connectivity index (χ1n) is 6.38. The molecule has 104 valence electrons. The predicted molar refractivity (Wildman–Crippen MR) is 69.0 cm³/mol. The second kappa shape index (κ2) is 5.52. The molecular weight excluding hydrogens is 246 g/mol. The number of rotatable bonds is 4. The number of esters is 1. The van der Waals surface area contributed by atoms with Crippen LogP contribution in [-0.2, 0) is 4.74 Å². The summed E-state index contributed by atoms with van der Waals surface area (Å²) in [4.78, 5) is 19.5. The third kappa shape index (κ3) is 3.41. The van der Waals surface area contributed by atoms with E-state index in [2.05, 4.69) is 14.7 Å². The Balaban J connectivity index is 2.07. The fourth-order valence-corrected chi connectivity index (χ4v) is 2.24. The van der Waals surface area contributed by atoms with Crippen molar-refractivity contribution in [2.75, 3.05) is 13.7 Å². The Kier molecular flexibility index (Phi) is 3.99. The third-order valence-corrected chi connectivity index (χ3v) is 3.31. The van der Waals surface area contributed by atoms with Gasteiger partial charge in [-0.1, -0.05) is 12.8 Å². The summed E-state index contributed by atoms with van der Waals surface area (Å²) in [5.41, 5.74) is 6.59. The Morgan fingerprint density at radius 1 is 1.42 bits per heavy atom. The maximum Gasteiger partial charge on any atom is 0.376 e. The van der Waals surface area contributed by atoms with Crippen molar-refractivity contribution in [1.29, 1.82) is 0 Å². The van der Waals surface area contributed by atoms with Crippen LogP contribution in [0, 0.1) is 6.92 Å². The minimum atomic E-state index is -0.572. The summed E-state index contributed by atoms with van der Waals surface area (Å²) < 4.78 is 10.2. The third-order valence-electron chi connectivity index (χ3n) is 3.31. The largest absolute Gasteiger partial charge is 0.476 e. The number of nitrogens with two attached hydrogens (primary N) is 1. The molecule has 0 atom stereocenters. The smallest absolute Gasteiger partial charge is 0.376 e. The van der Waals surface area contributed by atoms with E-state index in [0.717, 1.165) is 25.7 Å². The molecule has 0 aromatic carbocycles. The average molecular weight is 265 g/mol. The van der Waals surface area contributed by atoms with Gasteiger partial charge in [-0.25, -0.2) is 9.78 Å². The molecule has 1 heterocycles. The lowest BCUT2D eigenvalue weighted by Gasteiger charge is -2.23. The van der Waals surface area contributed by atoms with Crippen molar-refractivity contribution < 1.29 is 14.3 Å². The van der Waals surface area contributed by atoms with Gasteiger partial charge in [0.1, 0.15) is 6.61 Å². The van der Waals surface area contributed by atoms with Gasteiger partial charge in [-0.2, -0.15) is 4.98 Å². The Hall–Kier alpha value is -1.69. The van der Waals surface area contributed by atoms with Crippen LogP contribution in [-0.4, -0.2) is 35.2 Å². The topological polar surface area (TPSA) is 87.3 Å². The van der Waals surface area contributed by atoms with Crippen molar-refractivity contribution in [3.05, 3.63) is 17.6 Å². The monoisotopic (exact) mass is 265 g/mol. The van der Waals surface area contributed by atoms with Crippen molar-refractivity contribution in [3.8, 4) is 5.88 Å². The number of hydrogen-bond acceptors (Lipinski definition) is 6. The summed E-state index contributed by atoms with van der Waals surface area (Å²) in [6.45, 7) is 2.18. The first-order valence-corrected chi connectivity index (χ1v) is 6.38. The summed E-state index contributed by atoms with van der Waals surface area (Å²) in [5, 5.41) is 0. The molecule has 0 saturated heterocycles. The second-order valence-electron chi connectivity index (χ2n) is 5.02. The van der Waals surface area contributed by atoms with Crippen LogP contribution in [0.2, 0.25) is 0 Å². The van der Waals surface area contributed by atoms with Gasteiger partial charge in [-0.05, 0) is 19.8 Å². The van der Waals surface area contributed by atoms with E-state index >= 15 is 0 Å². The fraction of sp³-hybridized carbons (Fsp3) is 0.615. The van der Waals surface area contributed by atoms with Crippen LogP contribution in [0.25, 0.3) is 0 Å². The van der Waals surface area contributed by atoms with E-state index in [0.29, 0.717) is 18.2 Å². The number of methoxy groups -OCH3 is 1. The number of nitrogens with zero attached hydrogens (tertiary/aromatic N) is 2. The lowest BCUT2D eigenvalue weighted by Crippen LogP contribution is -2.42. The molecule has 6 nitrogen and oxygen atoms in total. The van der Waals surface area contributed by atoms with Crippen LogP contribution in [0.4, 0.5) is 0 Å². The summed E-state index contributed by atoms with van der Waals surface area (Å²) in [6, 6.07) is 1.69. The van der Waals surface area contributed by atoms with E-state index < -0.39 is 5.97 Å². The number of aryl methyl sites for hydroxylation is 1. The van der Waals surface area contributed by atoms with Crippen molar-refractivity contribution in [2.24, 2.45) is 5.73 Å². The molecule has 1 saturated carbocycles. The van der Waals surface area contributed by atoms with Gasteiger partial charge >= 0.3 is 5.97 Å². The molecule has 6 heteroatoms. The molecular formula is C13H19N3O3. The van der Waals surface area contributed by atoms with E-state index in [9.17, 15) is 4.79 Å². The summed E-state index contributed by atoms with van der Waals surface area (Å²) in [7, 11) is 1.29. The fourth-order valence-electron chi connectivity index (χ4n) is 2.24. The summed E-state index contributed by atoms with van der Waals surface area (Å²) >= 11 is 0. The zero-order valence-corrected chi connectivity index (χ0v) is 11.3. The maximum atomic E-state index is 11.4. The molecule has 2 rings (SSSR count). The highest BCUT2D eigenvalue weighted by molar-refractivity contribution is 5.85. The van der Waals surface area contributed by atoms with Crippen LogP contribution in [0.5, 0.6) is 5.88 Å². The molecule has 0 radical (unpaired) electrons. The molecule has 19 heavy (non-hydrogen) atoms. The number of ether oxygens (including phenoxy) is 2. The maximum absolute atomic E-state index is 11.4. The van der Waals surface area contributed by atoms with Crippen molar-refractivity contribution >= 4 is 5.97 Å². The van der Waals surface area contributed by atoms with Crippen molar-refractivity contribution in [2.45, 2.75) is 38.1 Å². The minimum absolute atomic E-state index is 0.00925. The highest BCUT2D eigenvalue weighted by Gasteiger charge is 2.30. The van der Waals surface area contributed by atoms with E-state index in [1.165, 1.54) is 7.11 Å². The quantitative estimate of drug-likeness (QED) is 0.824. The number of aromatic nitrogens is 2. The van der Waals surface area contributed by atoms with Crippen LogP contribution in [0.1, 0.15) is 42.0 Å². The van der Waals surface area contributed by atoms with Gasteiger partial charge in [0.05, 0.1) is 12.6 Å². The first-order chi connectivity index (χ1) is 9.02. The van der Waals surface area contributed by atoms with Crippen LogP contribution in [0.15, 0.2) is 6.07 Å². The van der Waals surface area contributed by atoms with Crippen molar-refractivity contribution in [1.82, 2.24) is 9.97 Å².